The Morgan fingerprint density at radius 1 is 1.33 bits per heavy atom. The third-order valence-corrected chi connectivity index (χ3v) is 3.50. The third kappa shape index (κ3) is 3.21. The fraction of sp³-hybridized carbons (Fsp3) is 0.231. The Morgan fingerprint density at radius 2 is 2.22 bits per heavy atom. The van der Waals surface area contributed by atoms with Gasteiger partial charge in [-0.3, -0.25) is 0 Å². The van der Waals surface area contributed by atoms with Crippen LogP contribution < -0.4 is 10.5 Å². The minimum absolute atomic E-state index is 0.537. The molecular formula is C13H15N3OS. The first-order chi connectivity index (χ1) is 8.83. The molecule has 0 aliphatic heterocycles. The summed E-state index contributed by atoms with van der Waals surface area (Å²) in [7, 11) is 1.68. The van der Waals surface area contributed by atoms with Gasteiger partial charge in [0.1, 0.15) is 12.1 Å². The van der Waals surface area contributed by atoms with Gasteiger partial charge in [0.05, 0.1) is 12.1 Å². The second-order valence-corrected chi connectivity index (χ2v) is 4.68. The van der Waals surface area contributed by atoms with E-state index in [2.05, 4.69) is 16.0 Å². The smallest absolute Gasteiger partial charge is 0.122 e. The quantitative estimate of drug-likeness (QED) is 0.660. The molecule has 1 aromatic heterocycles. The SMILES string of the molecule is COc1ccc(CN)cc1CSc1ccncn1. The topological polar surface area (TPSA) is 61.0 Å². The van der Waals surface area contributed by atoms with E-state index in [1.165, 1.54) is 0 Å². The van der Waals surface area contributed by atoms with Gasteiger partial charge in [-0.15, -0.1) is 11.8 Å². The summed E-state index contributed by atoms with van der Waals surface area (Å²) in [5.41, 5.74) is 7.88. The molecule has 0 spiro atoms. The molecule has 94 valence electrons. The van der Waals surface area contributed by atoms with Crippen molar-refractivity contribution in [3.8, 4) is 5.75 Å². The van der Waals surface area contributed by atoms with E-state index in [4.69, 9.17) is 10.5 Å². The van der Waals surface area contributed by atoms with Gasteiger partial charge in [0, 0.05) is 24.1 Å². The van der Waals surface area contributed by atoms with Gasteiger partial charge in [-0.25, -0.2) is 9.97 Å². The van der Waals surface area contributed by atoms with Crippen molar-refractivity contribution >= 4 is 11.8 Å². The van der Waals surface area contributed by atoms with Crippen molar-refractivity contribution in [2.75, 3.05) is 7.11 Å². The standard InChI is InChI=1S/C13H15N3OS/c1-17-12-3-2-10(7-14)6-11(12)8-18-13-4-5-15-9-16-13/h2-6,9H,7-8,14H2,1H3. The second kappa shape index (κ2) is 6.37. The van der Waals surface area contributed by atoms with Gasteiger partial charge < -0.3 is 10.5 Å². The van der Waals surface area contributed by atoms with Gasteiger partial charge in [0.2, 0.25) is 0 Å². The molecule has 0 aliphatic carbocycles. The van der Waals surface area contributed by atoms with Gasteiger partial charge in [0.25, 0.3) is 0 Å². The Labute approximate surface area is 111 Å². The number of nitrogens with zero attached hydrogens (tertiary/aromatic N) is 2. The van der Waals surface area contributed by atoms with Crippen LogP contribution >= 0.6 is 11.8 Å². The van der Waals surface area contributed by atoms with E-state index >= 15 is 0 Å². The lowest BCUT2D eigenvalue weighted by atomic mass is 10.1. The second-order valence-electron chi connectivity index (χ2n) is 3.69. The van der Waals surface area contributed by atoms with E-state index in [1.54, 1.807) is 31.4 Å². The molecule has 0 radical (unpaired) electrons. The molecule has 4 nitrogen and oxygen atoms in total. The number of methoxy groups -OCH3 is 1. The maximum atomic E-state index is 5.65. The van der Waals surface area contributed by atoms with E-state index in [-0.39, 0.29) is 0 Å². The molecule has 18 heavy (non-hydrogen) atoms. The van der Waals surface area contributed by atoms with Crippen LogP contribution in [0.5, 0.6) is 5.75 Å². The van der Waals surface area contributed by atoms with Crippen molar-refractivity contribution < 1.29 is 4.74 Å². The van der Waals surface area contributed by atoms with Crippen LogP contribution in [-0.4, -0.2) is 17.1 Å². The number of ether oxygens (including phenoxy) is 1. The van der Waals surface area contributed by atoms with Crippen LogP contribution in [0.25, 0.3) is 0 Å². The van der Waals surface area contributed by atoms with E-state index < -0.39 is 0 Å². The molecule has 2 N–H and O–H groups in total. The van der Waals surface area contributed by atoms with Gasteiger partial charge >= 0.3 is 0 Å². The predicted molar refractivity (Wildman–Crippen MR) is 72.5 cm³/mol. The summed E-state index contributed by atoms with van der Waals surface area (Å²) in [5, 5.41) is 0.949. The molecule has 1 aromatic carbocycles. The summed E-state index contributed by atoms with van der Waals surface area (Å²) >= 11 is 1.65. The summed E-state index contributed by atoms with van der Waals surface area (Å²) in [4.78, 5) is 8.07. The average molecular weight is 261 g/mol. The summed E-state index contributed by atoms with van der Waals surface area (Å²) in [6.07, 6.45) is 3.29. The van der Waals surface area contributed by atoms with Gasteiger partial charge in [0.15, 0.2) is 0 Å². The number of rotatable bonds is 5. The van der Waals surface area contributed by atoms with Crippen LogP contribution in [0, 0.1) is 0 Å². The highest BCUT2D eigenvalue weighted by Gasteiger charge is 2.05. The zero-order valence-corrected chi connectivity index (χ0v) is 11.0. The van der Waals surface area contributed by atoms with Crippen LogP contribution in [0.1, 0.15) is 11.1 Å². The third-order valence-electron chi connectivity index (χ3n) is 2.51. The average Bonchev–Trinajstić information content (AvgIpc) is 2.45. The minimum atomic E-state index is 0.537. The highest BCUT2D eigenvalue weighted by Crippen LogP contribution is 2.27. The molecule has 1 heterocycles. The van der Waals surface area contributed by atoms with Crippen molar-refractivity contribution in [3.63, 3.8) is 0 Å². The molecule has 5 heteroatoms. The van der Waals surface area contributed by atoms with Crippen molar-refractivity contribution in [2.24, 2.45) is 5.73 Å². The molecule has 0 bridgehead atoms. The van der Waals surface area contributed by atoms with Gasteiger partial charge in [-0.05, 0) is 23.8 Å². The van der Waals surface area contributed by atoms with Crippen molar-refractivity contribution in [1.82, 2.24) is 9.97 Å². The summed E-state index contributed by atoms with van der Waals surface area (Å²) in [6, 6.07) is 7.91. The Morgan fingerprint density at radius 3 is 2.89 bits per heavy atom. The molecule has 0 atom stereocenters. The van der Waals surface area contributed by atoms with Crippen molar-refractivity contribution in [1.29, 1.82) is 0 Å². The summed E-state index contributed by atoms with van der Waals surface area (Å²) in [5.74, 6) is 1.68. The summed E-state index contributed by atoms with van der Waals surface area (Å²) in [6.45, 7) is 0.537. The Hall–Kier alpha value is -1.59. The summed E-state index contributed by atoms with van der Waals surface area (Å²) < 4.78 is 5.35. The molecular weight excluding hydrogens is 246 g/mol. The number of hydrogen-bond acceptors (Lipinski definition) is 5. The zero-order valence-electron chi connectivity index (χ0n) is 10.2. The molecule has 0 fully saturated rings. The Balaban J connectivity index is 2.12. The Kier molecular flexibility index (Phi) is 4.55. The molecule has 0 saturated heterocycles. The minimum Gasteiger partial charge on any atom is -0.496 e. The molecule has 2 aromatic rings. The fourth-order valence-corrected chi connectivity index (χ4v) is 2.40. The normalized spacial score (nSPS) is 10.3. The predicted octanol–water partition coefficient (Wildman–Crippen LogP) is 2.24. The monoisotopic (exact) mass is 261 g/mol. The van der Waals surface area contributed by atoms with Crippen molar-refractivity contribution in [2.45, 2.75) is 17.3 Å². The van der Waals surface area contributed by atoms with E-state index in [1.807, 2.05) is 18.2 Å². The molecule has 0 saturated carbocycles. The van der Waals surface area contributed by atoms with E-state index in [9.17, 15) is 0 Å². The number of thioether (sulfide) groups is 1. The lowest BCUT2D eigenvalue weighted by Crippen LogP contribution is -1.99. The first kappa shape index (κ1) is 12.9. The van der Waals surface area contributed by atoms with Crippen LogP contribution in [0.2, 0.25) is 0 Å². The number of nitrogens with two attached hydrogens (primary N) is 1. The van der Waals surface area contributed by atoms with Crippen LogP contribution in [0.15, 0.2) is 41.8 Å². The number of aromatic nitrogens is 2. The molecule has 0 unspecified atom stereocenters. The molecule has 2 rings (SSSR count). The maximum absolute atomic E-state index is 5.65. The van der Waals surface area contributed by atoms with Crippen LogP contribution in [0.3, 0.4) is 0 Å². The van der Waals surface area contributed by atoms with Gasteiger partial charge in [-0.1, -0.05) is 6.07 Å². The van der Waals surface area contributed by atoms with Gasteiger partial charge in [-0.2, -0.15) is 0 Å². The van der Waals surface area contributed by atoms with E-state index in [0.717, 1.165) is 27.7 Å². The maximum Gasteiger partial charge on any atom is 0.122 e. The highest BCUT2D eigenvalue weighted by molar-refractivity contribution is 7.98. The molecule has 0 amide bonds. The van der Waals surface area contributed by atoms with Crippen molar-refractivity contribution in [3.05, 3.63) is 47.9 Å². The van der Waals surface area contributed by atoms with E-state index in [0.29, 0.717) is 6.54 Å². The first-order valence-corrected chi connectivity index (χ1v) is 6.56. The number of benzene rings is 1. The lowest BCUT2D eigenvalue weighted by Gasteiger charge is -2.09. The lowest BCUT2D eigenvalue weighted by molar-refractivity contribution is 0.411. The molecule has 0 aliphatic rings. The largest absolute Gasteiger partial charge is 0.496 e. The highest BCUT2D eigenvalue weighted by atomic mass is 32.2. The first-order valence-electron chi connectivity index (χ1n) is 5.58. The van der Waals surface area contributed by atoms with Crippen LogP contribution in [-0.2, 0) is 12.3 Å². The fourth-order valence-electron chi connectivity index (χ4n) is 1.59. The Bertz CT molecular complexity index is 505. The zero-order chi connectivity index (χ0) is 12.8. The number of hydrogen-bond donors (Lipinski definition) is 1. The van der Waals surface area contributed by atoms with Crippen LogP contribution in [0.4, 0.5) is 0 Å².